The Morgan fingerprint density at radius 1 is 1.20 bits per heavy atom. The minimum atomic E-state index is -3.73. The maximum atomic E-state index is 13.4. The van der Waals surface area contributed by atoms with Crippen LogP contribution in [0.3, 0.4) is 0 Å². The smallest absolute Gasteiger partial charge is 0.264 e. The lowest BCUT2D eigenvalue weighted by molar-refractivity contribution is -0.0148. The molecule has 0 heterocycles. The number of rotatable bonds is 7. The molecule has 7 heteroatoms. The molecule has 2 rings (SSSR count). The first kappa shape index (κ1) is 15.3. The molecule has 0 aromatic heterocycles. The van der Waals surface area contributed by atoms with Crippen LogP contribution in [0.25, 0.3) is 0 Å². The van der Waals surface area contributed by atoms with Crippen LogP contribution < -0.4 is 0 Å². The van der Waals surface area contributed by atoms with Crippen LogP contribution in [0.4, 0.5) is 8.78 Å². The molecule has 4 nitrogen and oxygen atoms in total. The summed E-state index contributed by atoms with van der Waals surface area (Å²) in [4.78, 5) is 0. The molecule has 0 amide bonds. The molecular weight excluding hydrogens is 290 g/mol. The second kappa shape index (κ2) is 5.38. The average Bonchev–Trinajstić information content (AvgIpc) is 2.90. The van der Waals surface area contributed by atoms with E-state index in [1.807, 2.05) is 30.3 Å². The Hall–Kier alpha value is -1.05. The molecule has 20 heavy (non-hydrogen) atoms. The monoisotopic (exact) mass is 306 g/mol. The fraction of sp³-hybridized carbons (Fsp3) is 0.538. The topological polar surface area (TPSA) is 52.6 Å². The predicted octanol–water partition coefficient (Wildman–Crippen LogP) is 2.20. The fourth-order valence-corrected chi connectivity index (χ4v) is 2.33. The number of alkyl halides is 2. The van der Waals surface area contributed by atoms with Crippen molar-refractivity contribution in [3.05, 3.63) is 35.9 Å². The molecule has 0 aliphatic heterocycles. The highest BCUT2D eigenvalue weighted by Crippen LogP contribution is 2.60. The summed E-state index contributed by atoms with van der Waals surface area (Å²) < 4.78 is 58.4. The van der Waals surface area contributed by atoms with E-state index in [1.165, 1.54) is 0 Å². The summed E-state index contributed by atoms with van der Waals surface area (Å²) in [5, 5.41) is 0. The summed E-state index contributed by atoms with van der Waals surface area (Å²) in [5.74, 6) is -2.94. The van der Waals surface area contributed by atoms with Gasteiger partial charge >= 0.3 is 0 Å². The fourth-order valence-electron chi connectivity index (χ4n) is 1.89. The van der Waals surface area contributed by atoms with Crippen LogP contribution in [0.1, 0.15) is 12.0 Å². The van der Waals surface area contributed by atoms with Gasteiger partial charge in [-0.25, -0.2) is 8.78 Å². The van der Waals surface area contributed by atoms with Gasteiger partial charge in [-0.15, -0.1) is 0 Å². The zero-order valence-corrected chi connectivity index (χ0v) is 11.8. The van der Waals surface area contributed by atoms with Crippen molar-refractivity contribution in [3.8, 4) is 0 Å². The van der Waals surface area contributed by atoms with Crippen molar-refractivity contribution >= 4 is 10.1 Å². The minimum absolute atomic E-state index is 0.206. The molecule has 1 aliphatic carbocycles. The summed E-state index contributed by atoms with van der Waals surface area (Å²) in [6.45, 7) is -0.574. The second-order valence-electron chi connectivity index (χ2n) is 5.11. The lowest BCUT2D eigenvalue weighted by Gasteiger charge is -2.16. The second-order valence-corrected chi connectivity index (χ2v) is 6.75. The third kappa shape index (κ3) is 3.74. The van der Waals surface area contributed by atoms with E-state index in [9.17, 15) is 17.2 Å². The highest BCUT2D eigenvalue weighted by atomic mass is 32.2. The van der Waals surface area contributed by atoms with E-state index in [4.69, 9.17) is 4.74 Å². The van der Waals surface area contributed by atoms with Gasteiger partial charge in [-0.1, -0.05) is 30.3 Å². The molecule has 1 unspecified atom stereocenters. The van der Waals surface area contributed by atoms with Crippen molar-refractivity contribution in [1.82, 2.24) is 0 Å². The van der Waals surface area contributed by atoms with Crippen molar-refractivity contribution in [2.45, 2.75) is 19.0 Å². The first-order valence-electron chi connectivity index (χ1n) is 6.08. The third-order valence-electron chi connectivity index (χ3n) is 3.25. The van der Waals surface area contributed by atoms with Gasteiger partial charge < -0.3 is 4.74 Å². The van der Waals surface area contributed by atoms with E-state index < -0.39 is 34.5 Å². The molecule has 1 aromatic carbocycles. The molecule has 1 fully saturated rings. The van der Waals surface area contributed by atoms with Gasteiger partial charge in [-0.3, -0.25) is 4.18 Å². The van der Waals surface area contributed by atoms with Crippen molar-refractivity contribution in [3.63, 3.8) is 0 Å². The summed E-state index contributed by atoms with van der Waals surface area (Å²) >= 11 is 0. The Bertz CT molecular complexity index is 559. The zero-order chi connectivity index (χ0) is 14.9. The lowest BCUT2D eigenvalue weighted by Crippen LogP contribution is -2.26. The van der Waals surface area contributed by atoms with Gasteiger partial charge in [0.1, 0.15) is 0 Å². The first-order valence-corrected chi connectivity index (χ1v) is 7.90. The quantitative estimate of drug-likeness (QED) is 0.725. The van der Waals surface area contributed by atoms with Gasteiger partial charge in [-0.05, 0) is 5.56 Å². The van der Waals surface area contributed by atoms with Crippen LogP contribution >= 0.6 is 0 Å². The molecule has 0 saturated heterocycles. The summed E-state index contributed by atoms with van der Waals surface area (Å²) in [7, 11) is -3.73. The lowest BCUT2D eigenvalue weighted by atomic mass is 10.1. The van der Waals surface area contributed by atoms with Crippen LogP contribution in [-0.4, -0.2) is 33.8 Å². The highest BCUT2D eigenvalue weighted by Gasteiger charge is 2.71. The molecule has 112 valence electrons. The summed E-state index contributed by atoms with van der Waals surface area (Å²) in [6.07, 6.45) is 0.427. The van der Waals surface area contributed by atoms with E-state index >= 15 is 0 Å². The summed E-state index contributed by atoms with van der Waals surface area (Å²) in [5.41, 5.74) is -0.652. The molecule has 0 bridgehead atoms. The Balaban J connectivity index is 1.88. The molecule has 0 radical (unpaired) electrons. The highest BCUT2D eigenvalue weighted by molar-refractivity contribution is 7.85. The van der Waals surface area contributed by atoms with Crippen LogP contribution in [0.15, 0.2) is 30.3 Å². The summed E-state index contributed by atoms with van der Waals surface area (Å²) in [6, 6.07) is 9.15. The first-order chi connectivity index (χ1) is 9.24. The number of benzene rings is 1. The minimum Gasteiger partial charge on any atom is -0.376 e. The molecule has 1 atom stereocenters. The normalized spacial score (nSPS) is 24.6. The molecule has 1 aromatic rings. The van der Waals surface area contributed by atoms with Crippen molar-refractivity contribution < 1.29 is 26.1 Å². The van der Waals surface area contributed by atoms with E-state index in [0.717, 1.165) is 11.8 Å². The maximum Gasteiger partial charge on any atom is 0.264 e. The van der Waals surface area contributed by atoms with Gasteiger partial charge in [0, 0.05) is 6.42 Å². The SMILES string of the molecule is CS(=O)(=O)OCC1(COCc2ccccc2)CC1(F)F. The van der Waals surface area contributed by atoms with E-state index in [-0.39, 0.29) is 13.2 Å². The molecule has 1 aliphatic rings. The van der Waals surface area contributed by atoms with Crippen LogP contribution in [0, 0.1) is 5.41 Å². The van der Waals surface area contributed by atoms with Crippen molar-refractivity contribution in [1.29, 1.82) is 0 Å². The van der Waals surface area contributed by atoms with Gasteiger partial charge in [0.25, 0.3) is 16.0 Å². The van der Waals surface area contributed by atoms with Crippen LogP contribution in [0.5, 0.6) is 0 Å². The van der Waals surface area contributed by atoms with Crippen molar-refractivity contribution in [2.75, 3.05) is 19.5 Å². The van der Waals surface area contributed by atoms with Crippen LogP contribution in [-0.2, 0) is 25.6 Å². The van der Waals surface area contributed by atoms with E-state index in [1.54, 1.807) is 0 Å². The predicted molar refractivity (Wildman–Crippen MR) is 68.9 cm³/mol. The average molecular weight is 306 g/mol. The van der Waals surface area contributed by atoms with Crippen molar-refractivity contribution in [2.24, 2.45) is 5.41 Å². The van der Waals surface area contributed by atoms with E-state index in [2.05, 4.69) is 4.18 Å². The third-order valence-corrected chi connectivity index (χ3v) is 3.80. The Morgan fingerprint density at radius 2 is 1.80 bits per heavy atom. The van der Waals surface area contributed by atoms with Gasteiger partial charge in [0.2, 0.25) is 0 Å². The van der Waals surface area contributed by atoms with E-state index in [0.29, 0.717) is 0 Å². The maximum absolute atomic E-state index is 13.4. The molecule has 0 N–H and O–H groups in total. The number of hydrogen-bond donors (Lipinski definition) is 0. The molecular formula is C13H16F2O4S. The Kier molecular flexibility index (Phi) is 4.13. The standard InChI is InChI=1S/C13H16F2O4S/c1-20(16,17)19-10-12(8-13(12,14)15)9-18-7-11-5-3-2-4-6-11/h2-6H,7-10H2,1H3. The molecule has 1 saturated carbocycles. The van der Waals surface area contributed by atoms with Crippen LogP contribution in [0.2, 0.25) is 0 Å². The number of ether oxygens (including phenoxy) is 1. The van der Waals surface area contributed by atoms with Gasteiger partial charge in [0.15, 0.2) is 0 Å². The largest absolute Gasteiger partial charge is 0.376 e. The molecule has 0 spiro atoms. The Morgan fingerprint density at radius 3 is 2.30 bits per heavy atom. The van der Waals surface area contributed by atoms with Gasteiger partial charge in [0.05, 0.1) is 31.5 Å². The van der Waals surface area contributed by atoms with Gasteiger partial charge in [-0.2, -0.15) is 8.42 Å². The Labute approximate surface area is 116 Å². The number of halogens is 2. The number of hydrogen-bond acceptors (Lipinski definition) is 4. The zero-order valence-electron chi connectivity index (χ0n) is 11.0.